The van der Waals surface area contributed by atoms with E-state index in [0.29, 0.717) is 31.6 Å². The van der Waals surface area contributed by atoms with E-state index in [-0.39, 0.29) is 98.8 Å². The lowest BCUT2D eigenvalue weighted by Gasteiger charge is -2.61. The van der Waals surface area contributed by atoms with Gasteiger partial charge in [0.1, 0.15) is 38.1 Å². The first kappa shape index (κ1) is 92.4. The van der Waals surface area contributed by atoms with Crippen LogP contribution in [0.25, 0.3) is 0 Å². The van der Waals surface area contributed by atoms with E-state index in [1.807, 2.05) is 6.92 Å². The van der Waals surface area contributed by atoms with Gasteiger partial charge in [-0.15, -0.1) is 0 Å². The van der Waals surface area contributed by atoms with Crippen molar-refractivity contribution in [2.45, 2.75) is 237 Å². The van der Waals surface area contributed by atoms with Gasteiger partial charge in [0.05, 0.1) is 52.2 Å². The molecule has 0 spiro atoms. The molecule has 0 amide bonds. The van der Waals surface area contributed by atoms with Gasteiger partial charge >= 0.3 is 65.7 Å². The SMILES string of the molecule is CC(=O)OC[C@H]1O[C@@H](O[C@H]2[C@H](O[C@H]3CC[C@@]4(C)[C@H](CC[C@@H]5[C@@H]4CC[C@]4(C)[C@@H]6[C@H](C[C@@H]54)O[C@](O)(CC[C@H](C)CO[C@@H]4O[C@H](COC(=O)c5ccccc5)[C@@H](OC(=O)c5ccccc5)[C@H](OC(=O)c5ccccc5)[C@H]4OC(=O)c4ccccc4)[C@H]6C)C3)O[C@H](COC(=O)c3ccccc3)[C@H](OC(C)=O)[C@@H]2OC(=O)c2ccccc2)[C@H](OC(C)=O)[C@@H](OC(C)=O)[C@@H]1OC(C)=O. The number of carbonyl (C=O) groups excluding carboxylic acids is 11. The van der Waals surface area contributed by atoms with Gasteiger partial charge in [0.15, 0.2) is 79.6 Å². The molecule has 4 saturated carbocycles. The van der Waals surface area contributed by atoms with Crippen LogP contribution in [0, 0.1) is 52.3 Å². The number of rotatable bonds is 30. The van der Waals surface area contributed by atoms with Crippen LogP contribution in [-0.4, -0.2) is 207 Å². The fourth-order valence-electron chi connectivity index (χ4n) is 20.7. The Balaban J connectivity index is 0.689. The summed E-state index contributed by atoms with van der Waals surface area (Å²) in [5.74, 6) is -10.7. The van der Waals surface area contributed by atoms with Crippen molar-refractivity contribution in [3.05, 3.63) is 215 Å². The molecule has 6 aromatic rings. The third-order valence-electron chi connectivity index (χ3n) is 26.7. The second-order valence-electron chi connectivity index (χ2n) is 35.0. The van der Waals surface area contributed by atoms with E-state index < -0.39 is 189 Å². The number of ether oxygens (including phenoxy) is 18. The maximum Gasteiger partial charge on any atom is 0.338 e. The van der Waals surface area contributed by atoms with Crippen molar-refractivity contribution in [3.63, 3.8) is 0 Å². The molecule has 8 aliphatic rings. The fraction of sp³-hybridized carbons (Fsp3) is 0.515. The standard InChI is InChI=1S/C97H110O30/c1-54(50-113-92-83(125-91(108)66-38-26-15-27-39-66)82(124-90(107)65-36-24-14-25-37-65)79(122-88(105)63-32-20-12-21-33-63)75(119-92)53-112-87(104)62-30-18-11-19-31-62)42-47-97(109)55(2)76-72(127-97)49-71-69-41-40-67-48-68(43-45-95(67,8)70(69)44-46-96(71,76)9)118-93-85(126-94-84(117-60(7)102)80(116-59(6)101)77(114-57(4)99)73(121-94)51-110-56(3)98)81(123-89(106)64-34-22-13-23-35-64)78(115-58(5)100)74(120-93)52-111-86(103)61-28-16-10-17-29-61/h10-39,54-55,67-85,92-94,109H,40-53H2,1-9H3/t54-,55-,67+,68-,69+,70-,71-,72-,73+,74+,75+,76-,77+,78-,79+,80-,81-,82-,83+,84+,85+,92+,93+,94-,95-,96-,97+/m0/s1. The molecule has 1 N–H and O–H groups in total. The Hall–Kier alpha value is -10.8. The van der Waals surface area contributed by atoms with Gasteiger partial charge in [-0.2, -0.15) is 0 Å². The number of hydrogen-bond donors (Lipinski definition) is 1. The molecule has 0 radical (unpaired) electrons. The van der Waals surface area contributed by atoms with Crippen molar-refractivity contribution in [2.24, 2.45) is 52.3 Å². The fourth-order valence-corrected chi connectivity index (χ4v) is 20.7. The third kappa shape index (κ3) is 21.3. The second kappa shape index (κ2) is 40.7. The van der Waals surface area contributed by atoms with Crippen LogP contribution in [0.2, 0.25) is 0 Å². The molecule has 14 rings (SSSR count). The molecule has 4 heterocycles. The van der Waals surface area contributed by atoms with Crippen molar-refractivity contribution in [2.75, 3.05) is 26.4 Å². The van der Waals surface area contributed by atoms with Crippen LogP contribution in [0.3, 0.4) is 0 Å². The number of benzene rings is 6. The van der Waals surface area contributed by atoms with Gasteiger partial charge in [0, 0.05) is 47.0 Å². The predicted octanol–water partition coefficient (Wildman–Crippen LogP) is 12.3. The van der Waals surface area contributed by atoms with Crippen molar-refractivity contribution in [1.29, 1.82) is 0 Å². The summed E-state index contributed by atoms with van der Waals surface area (Å²) in [5.41, 5.74) is 0.434. The zero-order chi connectivity index (χ0) is 90.0. The quantitative estimate of drug-likeness (QED) is 0.0249. The van der Waals surface area contributed by atoms with Gasteiger partial charge in [0.25, 0.3) is 0 Å². The Morgan fingerprint density at radius 1 is 0.394 bits per heavy atom. The molecule has 30 nitrogen and oxygen atoms in total. The number of carbonyl (C=O) groups is 11. The summed E-state index contributed by atoms with van der Waals surface area (Å²) in [5, 5.41) is 13.0. The maximum atomic E-state index is 14.7. The molecule has 6 aromatic carbocycles. The summed E-state index contributed by atoms with van der Waals surface area (Å²) in [6.45, 7) is 12.4. The van der Waals surface area contributed by atoms with Gasteiger partial charge in [-0.25, -0.2) is 28.8 Å². The van der Waals surface area contributed by atoms with Gasteiger partial charge < -0.3 is 90.4 Å². The van der Waals surface area contributed by atoms with Crippen LogP contribution in [0.1, 0.15) is 189 Å². The van der Waals surface area contributed by atoms with E-state index in [9.17, 15) is 57.8 Å². The van der Waals surface area contributed by atoms with Crippen molar-refractivity contribution in [1.82, 2.24) is 0 Å². The molecular formula is C97H110O30. The van der Waals surface area contributed by atoms with E-state index in [1.54, 1.807) is 146 Å². The molecular weight excluding hydrogens is 1650 g/mol. The van der Waals surface area contributed by atoms with Crippen LogP contribution < -0.4 is 0 Å². The summed E-state index contributed by atoms with van der Waals surface area (Å²) in [7, 11) is 0. The lowest BCUT2D eigenvalue weighted by atomic mass is 9.44. The van der Waals surface area contributed by atoms with Crippen LogP contribution in [0.15, 0.2) is 182 Å². The monoisotopic (exact) mass is 1750 g/mol. The van der Waals surface area contributed by atoms with Crippen LogP contribution in [0.4, 0.5) is 0 Å². The summed E-state index contributed by atoms with van der Waals surface area (Å²) < 4.78 is 114. The minimum absolute atomic E-state index is 0.00809. The molecule has 8 fully saturated rings. The van der Waals surface area contributed by atoms with E-state index >= 15 is 0 Å². The zero-order valence-electron chi connectivity index (χ0n) is 72.4. The molecule has 678 valence electrons. The van der Waals surface area contributed by atoms with Gasteiger partial charge in [0.2, 0.25) is 0 Å². The Bertz CT molecular complexity index is 4830. The highest BCUT2D eigenvalue weighted by Crippen LogP contribution is 2.71. The summed E-state index contributed by atoms with van der Waals surface area (Å²) in [4.78, 5) is 150. The smallest absolute Gasteiger partial charge is 0.338 e. The number of fused-ring (bicyclic) bond motifs is 7. The van der Waals surface area contributed by atoms with E-state index in [0.717, 1.165) is 66.7 Å². The third-order valence-corrected chi connectivity index (χ3v) is 26.7. The first-order valence-electron chi connectivity index (χ1n) is 43.6. The first-order chi connectivity index (χ1) is 60.9. The minimum Gasteiger partial charge on any atom is -0.463 e. The van der Waals surface area contributed by atoms with Crippen molar-refractivity contribution in [3.8, 4) is 0 Å². The summed E-state index contributed by atoms with van der Waals surface area (Å²) in [6, 6.07) is 48.5. The molecule has 4 aliphatic carbocycles. The highest BCUT2D eigenvalue weighted by atomic mass is 16.8. The van der Waals surface area contributed by atoms with Crippen molar-refractivity contribution < 1.29 is 143 Å². The Morgan fingerprint density at radius 3 is 1.22 bits per heavy atom. The lowest BCUT2D eigenvalue weighted by Crippen LogP contribution is -2.67. The molecule has 127 heavy (non-hydrogen) atoms. The Kier molecular flexibility index (Phi) is 29.6. The predicted molar refractivity (Wildman–Crippen MR) is 445 cm³/mol. The van der Waals surface area contributed by atoms with Gasteiger partial charge in [-0.1, -0.05) is 137 Å². The highest BCUT2D eigenvalue weighted by molar-refractivity contribution is 5.92. The number of aliphatic hydroxyl groups is 1. The second-order valence-corrected chi connectivity index (χ2v) is 35.0. The molecule has 30 heteroatoms. The average molecular weight is 1760 g/mol. The van der Waals surface area contributed by atoms with Gasteiger partial charge in [-0.05, 0) is 177 Å². The topological polar surface area (TPSA) is 374 Å². The number of esters is 11. The summed E-state index contributed by atoms with van der Waals surface area (Å²) >= 11 is 0. The highest BCUT2D eigenvalue weighted by Gasteiger charge is 2.69. The molecule has 4 saturated heterocycles. The first-order valence-corrected chi connectivity index (χ1v) is 43.6. The summed E-state index contributed by atoms with van der Waals surface area (Å²) in [6.07, 6.45) is -18.9. The minimum atomic E-state index is -1.91. The molecule has 4 aliphatic heterocycles. The maximum absolute atomic E-state index is 14.7. The normalized spacial score (nSPS) is 33.0. The lowest BCUT2D eigenvalue weighted by molar-refractivity contribution is -0.373. The van der Waals surface area contributed by atoms with Gasteiger partial charge in [-0.3, -0.25) is 24.0 Å². The average Bonchev–Trinajstić information content (AvgIpc) is 1.56. The molecule has 27 atom stereocenters. The van der Waals surface area contributed by atoms with E-state index in [1.165, 1.54) is 36.4 Å². The largest absolute Gasteiger partial charge is 0.463 e. The van der Waals surface area contributed by atoms with E-state index in [2.05, 4.69) is 20.8 Å². The van der Waals surface area contributed by atoms with E-state index in [4.69, 9.17) is 85.3 Å². The molecule has 0 aromatic heterocycles. The molecule has 0 bridgehead atoms. The van der Waals surface area contributed by atoms with Crippen LogP contribution in [-0.2, 0) is 109 Å². The van der Waals surface area contributed by atoms with Crippen molar-refractivity contribution >= 4 is 65.7 Å². The number of hydrogen-bond acceptors (Lipinski definition) is 30. The zero-order valence-corrected chi connectivity index (χ0v) is 72.4. The van der Waals surface area contributed by atoms with Crippen LogP contribution >= 0.6 is 0 Å². The molecule has 0 unspecified atom stereocenters. The Morgan fingerprint density at radius 2 is 0.764 bits per heavy atom. The Labute approximate surface area is 736 Å². The van der Waals surface area contributed by atoms with Crippen LogP contribution in [0.5, 0.6) is 0 Å².